The highest BCUT2D eigenvalue weighted by molar-refractivity contribution is 5.77. The predicted molar refractivity (Wildman–Crippen MR) is 108 cm³/mol. The van der Waals surface area contributed by atoms with Crippen LogP contribution in [0, 0.1) is 5.82 Å². The quantitative estimate of drug-likeness (QED) is 0.561. The van der Waals surface area contributed by atoms with E-state index in [9.17, 15) is 9.18 Å². The van der Waals surface area contributed by atoms with Crippen LogP contribution in [0.1, 0.15) is 11.3 Å². The number of nitrogens with zero attached hydrogens (tertiary/aromatic N) is 2. The van der Waals surface area contributed by atoms with E-state index >= 15 is 0 Å². The van der Waals surface area contributed by atoms with Crippen molar-refractivity contribution in [2.45, 2.75) is 13.0 Å². The van der Waals surface area contributed by atoms with Crippen LogP contribution in [0.3, 0.4) is 0 Å². The molecule has 1 heterocycles. The van der Waals surface area contributed by atoms with Crippen molar-refractivity contribution in [3.63, 3.8) is 0 Å². The number of carbonyl (C=O) groups excluding carboxylic acids is 1. The third-order valence-corrected chi connectivity index (χ3v) is 4.34. The fraction of sp³-hybridized carbons (Fsp3) is 0.273. The standard InChI is InChI=1S/C22H24FN3O3/c1-26(2)21(27)15-28-20-6-4-3-5-17(20)13-24-12-11-19-14-29-22(25-19)16-7-9-18(23)10-8-16/h3-10,14,24H,11-13,15H2,1-2H3. The Kier molecular flexibility index (Phi) is 6.97. The number of hydrogen-bond donors (Lipinski definition) is 1. The van der Waals surface area contributed by atoms with Gasteiger partial charge in [-0.1, -0.05) is 18.2 Å². The van der Waals surface area contributed by atoms with Gasteiger partial charge in [0, 0.05) is 44.7 Å². The van der Waals surface area contributed by atoms with Gasteiger partial charge in [0.15, 0.2) is 6.61 Å². The van der Waals surface area contributed by atoms with Crippen LogP contribution in [0.5, 0.6) is 5.75 Å². The molecule has 3 aromatic rings. The van der Waals surface area contributed by atoms with Crippen LogP contribution >= 0.6 is 0 Å². The first kappa shape index (κ1) is 20.5. The molecule has 3 rings (SSSR count). The van der Waals surface area contributed by atoms with E-state index < -0.39 is 0 Å². The van der Waals surface area contributed by atoms with Crippen LogP contribution in [-0.4, -0.2) is 43.0 Å². The van der Waals surface area contributed by atoms with Crippen molar-refractivity contribution in [3.8, 4) is 17.2 Å². The van der Waals surface area contributed by atoms with Crippen LogP contribution in [0.4, 0.5) is 4.39 Å². The highest BCUT2D eigenvalue weighted by Gasteiger charge is 2.09. The number of aromatic nitrogens is 1. The smallest absolute Gasteiger partial charge is 0.259 e. The molecule has 0 radical (unpaired) electrons. The number of hydrogen-bond acceptors (Lipinski definition) is 5. The van der Waals surface area contributed by atoms with Crippen molar-refractivity contribution >= 4 is 5.91 Å². The molecule has 29 heavy (non-hydrogen) atoms. The third kappa shape index (κ3) is 5.89. The highest BCUT2D eigenvalue weighted by Crippen LogP contribution is 2.20. The molecule has 7 heteroatoms. The Morgan fingerprint density at radius 2 is 1.93 bits per heavy atom. The monoisotopic (exact) mass is 397 g/mol. The number of halogens is 1. The molecule has 1 amide bonds. The molecule has 0 bridgehead atoms. The van der Waals surface area contributed by atoms with Gasteiger partial charge in [0.1, 0.15) is 17.8 Å². The van der Waals surface area contributed by atoms with Gasteiger partial charge in [-0.3, -0.25) is 4.79 Å². The van der Waals surface area contributed by atoms with E-state index in [0.29, 0.717) is 31.2 Å². The average molecular weight is 397 g/mol. The van der Waals surface area contributed by atoms with Gasteiger partial charge < -0.3 is 19.4 Å². The van der Waals surface area contributed by atoms with Crippen LogP contribution in [0.2, 0.25) is 0 Å². The summed E-state index contributed by atoms with van der Waals surface area (Å²) < 4.78 is 24.2. The van der Waals surface area contributed by atoms with E-state index in [1.165, 1.54) is 17.0 Å². The zero-order valence-electron chi connectivity index (χ0n) is 16.5. The van der Waals surface area contributed by atoms with Crippen molar-refractivity contribution < 1.29 is 18.3 Å². The fourth-order valence-electron chi connectivity index (χ4n) is 2.65. The van der Waals surface area contributed by atoms with Crippen molar-refractivity contribution in [1.82, 2.24) is 15.2 Å². The van der Waals surface area contributed by atoms with Gasteiger partial charge in [-0.15, -0.1) is 0 Å². The Bertz CT molecular complexity index is 938. The molecule has 1 N–H and O–H groups in total. The number of nitrogens with one attached hydrogen (secondary N) is 1. The number of carbonyl (C=O) groups is 1. The minimum absolute atomic E-state index is 0.00904. The van der Waals surface area contributed by atoms with Crippen LogP contribution < -0.4 is 10.1 Å². The Morgan fingerprint density at radius 3 is 2.69 bits per heavy atom. The fourth-order valence-corrected chi connectivity index (χ4v) is 2.65. The molecule has 152 valence electrons. The van der Waals surface area contributed by atoms with Gasteiger partial charge in [0.2, 0.25) is 5.89 Å². The van der Waals surface area contributed by atoms with Gasteiger partial charge in [0.05, 0.1) is 5.69 Å². The Hall–Kier alpha value is -3.19. The zero-order chi connectivity index (χ0) is 20.6. The first-order valence-electron chi connectivity index (χ1n) is 9.35. The summed E-state index contributed by atoms with van der Waals surface area (Å²) in [6.07, 6.45) is 2.30. The number of ether oxygens (including phenoxy) is 1. The lowest BCUT2D eigenvalue weighted by atomic mass is 10.2. The molecule has 0 fully saturated rings. The van der Waals surface area contributed by atoms with Crippen LogP contribution in [0.15, 0.2) is 59.2 Å². The maximum atomic E-state index is 13.0. The van der Waals surface area contributed by atoms with Gasteiger partial charge >= 0.3 is 0 Å². The van der Waals surface area contributed by atoms with E-state index in [1.54, 1.807) is 32.5 Å². The summed E-state index contributed by atoms with van der Waals surface area (Å²) in [5, 5.41) is 3.35. The van der Waals surface area contributed by atoms with Crippen molar-refractivity contribution in [1.29, 1.82) is 0 Å². The molecular weight excluding hydrogens is 373 g/mol. The normalized spacial score (nSPS) is 10.7. The summed E-state index contributed by atoms with van der Waals surface area (Å²) >= 11 is 0. The Morgan fingerprint density at radius 1 is 1.17 bits per heavy atom. The summed E-state index contributed by atoms with van der Waals surface area (Å²) in [4.78, 5) is 17.7. The summed E-state index contributed by atoms with van der Waals surface area (Å²) in [5.74, 6) is 0.787. The molecule has 2 aromatic carbocycles. The summed E-state index contributed by atoms with van der Waals surface area (Å²) in [6, 6.07) is 13.7. The number of oxazole rings is 1. The van der Waals surface area contributed by atoms with Crippen molar-refractivity contribution in [2.24, 2.45) is 0 Å². The van der Waals surface area contributed by atoms with Gasteiger partial charge in [-0.25, -0.2) is 9.37 Å². The largest absolute Gasteiger partial charge is 0.483 e. The third-order valence-electron chi connectivity index (χ3n) is 4.34. The van der Waals surface area contributed by atoms with Gasteiger partial charge in [0.25, 0.3) is 5.91 Å². The van der Waals surface area contributed by atoms with E-state index in [1.807, 2.05) is 24.3 Å². The maximum absolute atomic E-state index is 13.0. The van der Waals surface area contributed by atoms with Crippen molar-refractivity contribution in [2.75, 3.05) is 27.2 Å². The number of amides is 1. The number of benzene rings is 2. The minimum atomic E-state index is -0.292. The number of likely N-dealkylation sites (N-methyl/N-ethyl adjacent to an activating group) is 1. The molecule has 0 aliphatic carbocycles. The molecular formula is C22H24FN3O3. The Balaban J connectivity index is 1.49. The molecule has 0 saturated carbocycles. The molecule has 1 aromatic heterocycles. The molecule has 0 aliphatic rings. The molecule has 0 atom stereocenters. The van der Waals surface area contributed by atoms with Gasteiger partial charge in [-0.2, -0.15) is 0 Å². The summed E-state index contributed by atoms with van der Waals surface area (Å²) in [6.45, 7) is 1.31. The second kappa shape index (κ2) is 9.84. The van der Waals surface area contributed by atoms with Crippen molar-refractivity contribution in [3.05, 3.63) is 71.9 Å². The minimum Gasteiger partial charge on any atom is -0.483 e. The molecule has 0 spiro atoms. The lowest BCUT2D eigenvalue weighted by Crippen LogP contribution is -2.28. The van der Waals surface area contributed by atoms with E-state index in [4.69, 9.17) is 9.15 Å². The lowest BCUT2D eigenvalue weighted by Gasteiger charge is -2.14. The lowest BCUT2D eigenvalue weighted by molar-refractivity contribution is -0.130. The molecule has 6 nitrogen and oxygen atoms in total. The van der Waals surface area contributed by atoms with E-state index in [2.05, 4.69) is 10.3 Å². The number of para-hydroxylation sites is 1. The second-order valence-electron chi connectivity index (χ2n) is 6.76. The SMILES string of the molecule is CN(C)C(=O)COc1ccccc1CNCCc1coc(-c2ccc(F)cc2)n1. The van der Waals surface area contributed by atoms with E-state index in [-0.39, 0.29) is 18.3 Å². The highest BCUT2D eigenvalue weighted by atomic mass is 19.1. The number of rotatable bonds is 9. The molecule has 0 unspecified atom stereocenters. The summed E-state index contributed by atoms with van der Waals surface area (Å²) in [7, 11) is 3.40. The Labute approximate surface area is 169 Å². The predicted octanol–water partition coefficient (Wildman–Crippen LogP) is 3.28. The second-order valence-corrected chi connectivity index (χ2v) is 6.76. The maximum Gasteiger partial charge on any atom is 0.259 e. The summed E-state index contributed by atoms with van der Waals surface area (Å²) in [5.41, 5.74) is 2.54. The van der Waals surface area contributed by atoms with Crippen LogP contribution in [-0.2, 0) is 17.8 Å². The van der Waals surface area contributed by atoms with Gasteiger partial charge in [-0.05, 0) is 30.3 Å². The average Bonchev–Trinajstić information content (AvgIpc) is 3.19. The first-order chi connectivity index (χ1) is 14.0. The molecule has 0 saturated heterocycles. The van der Waals surface area contributed by atoms with Crippen LogP contribution in [0.25, 0.3) is 11.5 Å². The topological polar surface area (TPSA) is 67.6 Å². The molecule has 0 aliphatic heterocycles. The zero-order valence-corrected chi connectivity index (χ0v) is 16.5. The first-order valence-corrected chi connectivity index (χ1v) is 9.35. The van der Waals surface area contributed by atoms with E-state index in [0.717, 1.165) is 16.8 Å².